The number of rotatable bonds is 2. The molecule has 0 unspecified atom stereocenters. The summed E-state index contributed by atoms with van der Waals surface area (Å²) in [6, 6.07) is 40.7. The van der Waals surface area contributed by atoms with Gasteiger partial charge in [-0.15, -0.1) is 0 Å². The number of hydrogen-bond donors (Lipinski definition) is 0. The Hall–Kier alpha value is -5.66. The van der Waals surface area contributed by atoms with Crippen LogP contribution < -0.4 is 10.4 Å². The molecule has 50 heavy (non-hydrogen) atoms. The summed E-state index contributed by atoms with van der Waals surface area (Å²) in [4.78, 5) is 0. The second-order valence-corrected chi connectivity index (χ2v) is 14.5. The van der Waals surface area contributed by atoms with Crippen molar-refractivity contribution in [1.29, 1.82) is 0 Å². The highest BCUT2D eigenvalue weighted by molar-refractivity contribution is 6.18. The van der Waals surface area contributed by atoms with Crippen molar-refractivity contribution in [3.63, 3.8) is 0 Å². The quantitative estimate of drug-likeness (QED) is 0.183. The summed E-state index contributed by atoms with van der Waals surface area (Å²) in [7, 11) is 0. The zero-order valence-corrected chi connectivity index (χ0v) is 29.0. The van der Waals surface area contributed by atoms with Crippen LogP contribution >= 0.6 is 0 Å². The first-order chi connectivity index (χ1) is 24.5. The Bertz CT molecular complexity index is 2900. The Balaban J connectivity index is 1.31. The van der Waals surface area contributed by atoms with Crippen LogP contribution in [0.15, 0.2) is 120 Å². The molecule has 2 aliphatic carbocycles. The molecule has 240 valence electrons. The number of hydrogen-bond acceptors (Lipinski definition) is 1. The lowest BCUT2D eigenvalue weighted by Gasteiger charge is -2.23. The molecule has 0 bridgehead atoms. The molecule has 10 rings (SSSR count). The van der Waals surface area contributed by atoms with Gasteiger partial charge in [-0.2, -0.15) is 0 Å². The van der Waals surface area contributed by atoms with E-state index < -0.39 is 0 Å². The highest BCUT2D eigenvalue weighted by Gasteiger charge is 2.40. The molecule has 1 heterocycles. The van der Waals surface area contributed by atoms with Crippen molar-refractivity contribution in [2.24, 2.45) is 0 Å². The highest BCUT2D eigenvalue weighted by Crippen LogP contribution is 2.57. The SMILES string of the molecule is C/C=c1/c(-c2ccc3c(c2)-c2c(c4c5c(oc4c4ccccc24)C=CCC5)C3(C)C)c2ccccc2c(-c2cccc3ccccc23)/c1=C/C. The lowest BCUT2D eigenvalue weighted by molar-refractivity contribution is 0.598. The normalized spacial score (nSPS) is 15.4. The zero-order valence-electron chi connectivity index (χ0n) is 29.0. The average Bonchev–Trinajstić information content (AvgIpc) is 3.65. The molecule has 7 aromatic carbocycles. The van der Waals surface area contributed by atoms with E-state index in [9.17, 15) is 0 Å². The van der Waals surface area contributed by atoms with Crippen LogP contribution in [0.5, 0.6) is 0 Å². The molecule has 8 aromatic rings. The number of furan rings is 1. The van der Waals surface area contributed by atoms with E-state index in [4.69, 9.17) is 4.42 Å². The summed E-state index contributed by atoms with van der Waals surface area (Å²) in [5, 5.41) is 11.5. The van der Waals surface area contributed by atoms with Gasteiger partial charge in [0.25, 0.3) is 0 Å². The molecule has 0 atom stereocenters. The lowest BCUT2D eigenvalue weighted by Crippen LogP contribution is -2.29. The molecule has 1 nitrogen and oxygen atoms in total. The maximum atomic E-state index is 6.70. The van der Waals surface area contributed by atoms with Crippen LogP contribution in [0.1, 0.15) is 56.6 Å². The van der Waals surface area contributed by atoms with Gasteiger partial charge < -0.3 is 4.42 Å². The van der Waals surface area contributed by atoms with Crippen LogP contribution in [0.3, 0.4) is 0 Å². The lowest BCUT2D eigenvalue weighted by atomic mass is 9.78. The smallest absolute Gasteiger partial charge is 0.143 e. The van der Waals surface area contributed by atoms with E-state index in [1.54, 1.807) is 0 Å². The fraction of sp³-hybridized carbons (Fsp3) is 0.143. The van der Waals surface area contributed by atoms with Crippen LogP contribution in [0, 0.1) is 0 Å². The van der Waals surface area contributed by atoms with Gasteiger partial charge in [0.2, 0.25) is 0 Å². The van der Waals surface area contributed by atoms with Gasteiger partial charge in [0.05, 0.1) is 0 Å². The van der Waals surface area contributed by atoms with Gasteiger partial charge in [-0.1, -0.05) is 135 Å². The topological polar surface area (TPSA) is 13.1 Å². The number of allylic oxidation sites excluding steroid dienone is 1. The fourth-order valence-electron chi connectivity index (χ4n) is 9.51. The standard InChI is InChI=1S/C49H38O/c1-5-31-32(6-2)44(34-24-15-17-29-16-7-8-18-33(29)34)36-20-10-9-19-35(36)43(31)30-26-27-41-40(28-30)45-37-21-11-12-22-38(37)48-46(47(45)49(41,3)4)39-23-13-14-25-42(39)50-48/h5-12,14-22,24-28H,13,23H2,1-4H3/b31-5+,32-6+. The zero-order chi connectivity index (χ0) is 33.7. The summed E-state index contributed by atoms with van der Waals surface area (Å²) in [6.07, 6.45) is 11.1. The van der Waals surface area contributed by atoms with Crippen LogP contribution in [-0.4, -0.2) is 0 Å². The number of fused-ring (bicyclic) bond motifs is 12. The van der Waals surface area contributed by atoms with E-state index in [-0.39, 0.29) is 5.41 Å². The van der Waals surface area contributed by atoms with E-state index in [0.29, 0.717) is 0 Å². The van der Waals surface area contributed by atoms with Crippen molar-refractivity contribution >= 4 is 61.5 Å². The minimum atomic E-state index is -0.174. The largest absolute Gasteiger partial charge is 0.456 e. The van der Waals surface area contributed by atoms with Crippen molar-refractivity contribution in [3.05, 3.63) is 148 Å². The van der Waals surface area contributed by atoms with Crippen molar-refractivity contribution in [2.45, 2.75) is 46.0 Å². The Labute approximate surface area is 292 Å². The van der Waals surface area contributed by atoms with Gasteiger partial charge in [-0.25, -0.2) is 0 Å². The van der Waals surface area contributed by atoms with Crippen molar-refractivity contribution in [1.82, 2.24) is 0 Å². The third-order valence-corrected chi connectivity index (χ3v) is 11.6. The summed E-state index contributed by atoms with van der Waals surface area (Å²) in [6.45, 7) is 9.20. The monoisotopic (exact) mass is 642 g/mol. The molecular weight excluding hydrogens is 605 g/mol. The minimum Gasteiger partial charge on any atom is -0.456 e. The van der Waals surface area contributed by atoms with Crippen molar-refractivity contribution in [2.75, 3.05) is 0 Å². The molecule has 2 aliphatic rings. The molecule has 0 spiro atoms. The molecule has 0 saturated carbocycles. The molecule has 0 radical (unpaired) electrons. The Morgan fingerprint density at radius 1 is 0.620 bits per heavy atom. The van der Waals surface area contributed by atoms with Gasteiger partial charge in [-0.3, -0.25) is 0 Å². The second kappa shape index (κ2) is 10.7. The summed E-state index contributed by atoms with van der Waals surface area (Å²) < 4.78 is 6.70. The number of benzene rings is 7. The van der Waals surface area contributed by atoms with E-state index in [1.807, 2.05) is 0 Å². The first kappa shape index (κ1) is 29.3. The minimum absolute atomic E-state index is 0.174. The molecule has 0 saturated heterocycles. The molecule has 0 N–H and O–H groups in total. The molecule has 1 aromatic heterocycles. The molecule has 1 heteroatoms. The Kier molecular flexibility index (Phi) is 6.25. The van der Waals surface area contributed by atoms with Crippen LogP contribution in [-0.2, 0) is 11.8 Å². The first-order valence-corrected chi connectivity index (χ1v) is 18.0. The molecular formula is C49H38O. The summed E-state index contributed by atoms with van der Waals surface area (Å²) in [5.41, 5.74) is 12.9. The van der Waals surface area contributed by atoms with Gasteiger partial charge in [0.1, 0.15) is 11.3 Å². The van der Waals surface area contributed by atoms with E-state index in [0.717, 1.165) is 24.2 Å². The maximum absolute atomic E-state index is 6.70. The summed E-state index contributed by atoms with van der Waals surface area (Å²) >= 11 is 0. The second-order valence-electron chi connectivity index (χ2n) is 14.5. The Morgan fingerprint density at radius 3 is 2.02 bits per heavy atom. The fourth-order valence-corrected chi connectivity index (χ4v) is 9.51. The van der Waals surface area contributed by atoms with E-state index >= 15 is 0 Å². The Morgan fingerprint density at radius 2 is 1.26 bits per heavy atom. The highest BCUT2D eigenvalue weighted by atomic mass is 16.3. The van der Waals surface area contributed by atoms with Crippen LogP contribution in [0.4, 0.5) is 0 Å². The third kappa shape index (κ3) is 3.84. The van der Waals surface area contributed by atoms with Gasteiger partial charge in [-0.05, 0) is 121 Å². The average molecular weight is 643 g/mol. The van der Waals surface area contributed by atoms with Crippen LogP contribution in [0.2, 0.25) is 0 Å². The number of aryl methyl sites for hydroxylation is 1. The van der Waals surface area contributed by atoms with E-state index in [2.05, 4.69) is 161 Å². The molecule has 0 amide bonds. The van der Waals surface area contributed by atoms with Crippen molar-refractivity contribution < 1.29 is 4.42 Å². The predicted molar refractivity (Wildman–Crippen MR) is 214 cm³/mol. The maximum Gasteiger partial charge on any atom is 0.143 e. The predicted octanol–water partition coefficient (Wildman–Crippen LogP) is 12.1. The van der Waals surface area contributed by atoms with Crippen molar-refractivity contribution in [3.8, 4) is 33.4 Å². The third-order valence-electron chi connectivity index (χ3n) is 11.6. The summed E-state index contributed by atoms with van der Waals surface area (Å²) in [5.74, 6) is 1.03. The molecule has 0 aliphatic heterocycles. The van der Waals surface area contributed by atoms with Gasteiger partial charge >= 0.3 is 0 Å². The van der Waals surface area contributed by atoms with E-state index in [1.165, 1.54) is 98.2 Å². The molecule has 0 fully saturated rings. The first-order valence-electron chi connectivity index (χ1n) is 18.0. The van der Waals surface area contributed by atoms with Crippen LogP contribution in [0.25, 0.3) is 94.9 Å². The van der Waals surface area contributed by atoms with Gasteiger partial charge in [0, 0.05) is 21.8 Å². The van der Waals surface area contributed by atoms with Gasteiger partial charge in [0.15, 0.2) is 0 Å².